The van der Waals surface area contributed by atoms with Gasteiger partial charge in [0.05, 0.1) is 0 Å². The van der Waals surface area contributed by atoms with E-state index in [9.17, 15) is 0 Å². The van der Waals surface area contributed by atoms with Crippen molar-refractivity contribution in [3.8, 4) is 0 Å². The fourth-order valence-electron chi connectivity index (χ4n) is 0. The Hall–Kier alpha value is 1.06. The molecule has 0 spiro atoms. The zero-order valence-corrected chi connectivity index (χ0v) is 5.62. The molecule has 0 saturated carbocycles. The van der Waals surface area contributed by atoms with Gasteiger partial charge in [-0.15, -0.1) is 0 Å². The van der Waals surface area contributed by atoms with E-state index in [-0.39, 0.29) is 34.1 Å². The van der Waals surface area contributed by atoms with Gasteiger partial charge in [-0.05, 0) is 0 Å². The second-order valence-corrected chi connectivity index (χ2v) is 0.354. The van der Waals surface area contributed by atoms with Crippen molar-refractivity contribution in [2.24, 2.45) is 0 Å². The van der Waals surface area contributed by atoms with Gasteiger partial charge >= 0.3 is 0 Å². The molecular formula is C2H8NY-. The van der Waals surface area contributed by atoms with Crippen molar-refractivity contribution >= 4 is 0 Å². The first-order valence-electron chi connectivity index (χ1n) is 1.06. The zero-order chi connectivity index (χ0) is 2.71. The molecule has 0 bridgehead atoms. The van der Waals surface area contributed by atoms with Gasteiger partial charge in [0, 0.05) is 34.1 Å². The van der Waals surface area contributed by atoms with Gasteiger partial charge < -0.3 is 5.73 Å². The van der Waals surface area contributed by atoms with Crippen LogP contribution in [0.5, 0.6) is 0 Å². The van der Waals surface area contributed by atoms with Gasteiger partial charge in [-0.1, -0.05) is 6.92 Å². The number of hydrogen-bond acceptors (Lipinski definition) is 0. The fraction of sp³-hybridized carbons (Fsp3) is 1.00. The molecule has 0 aromatic heterocycles. The van der Waals surface area contributed by atoms with Crippen LogP contribution in [-0.4, -0.2) is 6.54 Å². The first-order valence-corrected chi connectivity index (χ1v) is 1.06. The molecule has 0 aliphatic heterocycles. The summed E-state index contributed by atoms with van der Waals surface area (Å²) in [4.78, 5) is 0. The van der Waals surface area contributed by atoms with Crippen molar-refractivity contribution in [1.29, 1.82) is 0 Å². The van der Waals surface area contributed by atoms with E-state index in [1.807, 2.05) is 0 Å². The maximum atomic E-state index is 6.21. The Balaban J connectivity index is -0.0000000200. The number of nitrogens with one attached hydrogen (secondary N) is 1. The summed E-state index contributed by atoms with van der Waals surface area (Å²) in [5, 5.41) is 0. The average Bonchev–Trinajstić information content (AvgIpc) is 0.918. The Bertz CT molecular complexity index is 9.61. The smallest absolute Gasteiger partial charge is 0 e. The molecular weight excluding hydrogens is 127 g/mol. The Labute approximate surface area is 53.3 Å². The summed E-state index contributed by atoms with van der Waals surface area (Å²) in [5.41, 5.74) is 6.21. The van der Waals surface area contributed by atoms with E-state index < -0.39 is 0 Å². The minimum atomic E-state index is 0. The third kappa shape index (κ3) is 11.5. The molecule has 0 unspecified atom stereocenters. The fourth-order valence-corrected chi connectivity index (χ4v) is 0. The van der Waals surface area contributed by atoms with Crippen molar-refractivity contribution in [3.05, 3.63) is 5.73 Å². The standard InChI is InChI=1S/C2H6N.Y.H2/c1-2-3;;/h3H,2H2,1H3;;1H/q-1;;. The SMILES string of the molecule is CC[NH-].[HH].[Y]. The summed E-state index contributed by atoms with van der Waals surface area (Å²) >= 11 is 0. The van der Waals surface area contributed by atoms with Crippen LogP contribution in [0.15, 0.2) is 0 Å². The normalized spacial score (nSPS) is 4.50. The molecule has 1 nitrogen and oxygen atoms in total. The molecule has 25 valence electrons. The maximum absolute atomic E-state index is 6.21. The van der Waals surface area contributed by atoms with Gasteiger partial charge in [-0.25, -0.2) is 0 Å². The van der Waals surface area contributed by atoms with Crippen molar-refractivity contribution in [3.63, 3.8) is 0 Å². The molecule has 2 heteroatoms. The minimum absolute atomic E-state index is 0. The van der Waals surface area contributed by atoms with E-state index in [0.717, 1.165) is 0 Å². The molecule has 0 heterocycles. The van der Waals surface area contributed by atoms with Crippen molar-refractivity contribution < 1.29 is 34.1 Å². The van der Waals surface area contributed by atoms with E-state index in [4.69, 9.17) is 5.73 Å². The predicted molar refractivity (Wildman–Crippen MR) is 17.0 cm³/mol. The minimum Gasteiger partial charge on any atom is -0.678 e. The summed E-state index contributed by atoms with van der Waals surface area (Å²) < 4.78 is 0. The second-order valence-electron chi connectivity index (χ2n) is 0.354. The van der Waals surface area contributed by atoms with E-state index >= 15 is 0 Å². The molecule has 1 radical (unpaired) electrons. The topological polar surface area (TPSA) is 23.8 Å². The molecule has 0 saturated heterocycles. The Morgan fingerprint density at radius 2 is 2.00 bits per heavy atom. The van der Waals surface area contributed by atoms with Gasteiger partial charge in [0.25, 0.3) is 0 Å². The first kappa shape index (κ1) is 8.91. The van der Waals surface area contributed by atoms with Crippen LogP contribution in [0.25, 0.3) is 5.73 Å². The monoisotopic (exact) mass is 135 g/mol. The van der Waals surface area contributed by atoms with Gasteiger partial charge in [-0.2, -0.15) is 6.54 Å². The third-order valence-corrected chi connectivity index (χ3v) is 0. The third-order valence-electron chi connectivity index (χ3n) is 0. The second kappa shape index (κ2) is 8.96. The van der Waals surface area contributed by atoms with Crippen molar-refractivity contribution in [2.75, 3.05) is 6.54 Å². The van der Waals surface area contributed by atoms with Crippen LogP contribution in [0.1, 0.15) is 8.35 Å². The van der Waals surface area contributed by atoms with Crippen LogP contribution in [0.3, 0.4) is 0 Å². The van der Waals surface area contributed by atoms with Gasteiger partial charge in [0.15, 0.2) is 0 Å². The largest absolute Gasteiger partial charge is 0.678 e. The van der Waals surface area contributed by atoms with Crippen molar-refractivity contribution in [1.82, 2.24) is 0 Å². The van der Waals surface area contributed by atoms with Crippen molar-refractivity contribution in [2.45, 2.75) is 6.92 Å². The zero-order valence-electron chi connectivity index (χ0n) is 2.78. The molecule has 0 aromatic carbocycles. The Morgan fingerprint density at radius 3 is 2.00 bits per heavy atom. The maximum Gasteiger partial charge on any atom is 0 e. The van der Waals surface area contributed by atoms with E-state index in [2.05, 4.69) is 0 Å². The molecule has 0 aliphatic rings. The summed E-state index contributed by atoms with van der Waals surface area (Å²) in [7, 11) is 0. The molecule has 0 aliphatic carbocycles. The van der Waals surface area contributed by atoms with Crippen LogP contribution in [0.4, 0.5) is 0 Å². The molecule has 0 aromatic rings. The first-order chi connectivity index (χ1) is 1.41. The molecule has 0 rings (SSSR count). The van der Waals surface area contributed by atoms with Crippen LogP contribution in [-0.2, 0) is 32.7 Å². The van der Waals surface area contributed by atoms with Gasteiger partial charge in [0.2, 0.25) is 0 Å². The van der Waals surface area contributed by atoms with E-state index in [1.54, 1.807) is 6.92 Å². The summed E-state index contributed by atoms with van der Waals surface area (Å²) in [6.07, 6.45) is 0. The molecule has 0 atom stereocenters. The van der Waals surface area contributed by atoms with Crippen LogP contribution >= 0.6 is 0 Å². The summed E-state index contributed by atoms with van der Waals surface area (Å²) in [6.45, 7) is 2.29. The van der Waals surface area contributed by atoms with E-state index in [0.29, 0.717) is 6.54 Å². The predicted octanol–water partition coefficient (Wildman–Crippen LogP) is 1.30. The number of hydrogen-bond donors (Lipinski definition) is 0. The van der Waals surface area contributed by atoms with Gasteiger partial charge in [-0.3, -0.25) is 0 Å². The van der Waals surface area contributed by atoms with Crippen LogP contribution < -0.4 is 0 Å². The molecule has 0 amide bonds. The quantitative estimate of drug-likeness (QED) is 0.478. The summed E-state index contributed by atoms with van der Waals surface area (Å²) in [6, 6.07) is 0. The Morgan fingerprint density at radius 1 is 2.00 bits per heavy atom. The average molecular weight is 135 g/mol. The summed E-state index contributed by atoms with van der Waals surface area (Å²) in [5.74, 6) is 0. The van der Waals surface area contributed by atoms with Gasteiger partial charge in [0.1, 0.15) is 0 Å². The molecule has 1 N–H and O–H groups in total. The number of rotatable bonds is 0. The molecule has 4 heavy (non-hydrogen) atoms. The molecule has 0 fully saturated rings. The Kier molecular flexibility index (Phi) is 19.9. The van der Waals surface area contributed by atoms with Crippen LogP contribution in [0, 0.1) is 0 Å². The van der Waals surface area contributed by atoms with E-state index in [1.165, 1.54) is 0 Å². The van der Waals surface area contributed by atoms with Crippen LogP contribution in [0.2, 0.25) is 0 Å².